The number of amides is 2. The van der Waals surface area contributed by atoms with Crippen molar-refractivity contribution in [3.63, 3.8) is 0 Å². The summed E-state index contributed by atoms with van der Waals surface area (Å²) < 4.78 is 5.09. The maximum atomic E-state index is 12.4. The third kappa shape index (κ3) is 8.86. The molecule has 2 rings (SSSR count). The van der Waals surface area contributed by atoms with E-state index in [1.807, 2.05) is 0 Å². The van der Waals surface area contributed by atoms with Gasteiger partial charge in [0.2, 0.25) is 11.8 Å². The van der Waals surface area contributed by atoms with Gasteiger partial charge in [-0.15, -0.1) is 0 Å². The van der Waals surface area contributed by atoms with Crippen LogP contribution < -0.4 is 31.7 Å². The second-order valence-corrected chi connectivity index (χ2v) is 7.14. The Kier molecular flexibility index (Phi) is 9.49. The van der Waals surface area contributed by atoms with Gasteiger partial charge in [-0.1, -0.05) is 6.42 Å². The lowest BCUT2D eigenvalue weighted by atomic mass is 10.1. The number of ether oxygens (including phenoxy) is 1. The molecule has 31 heavy (non-hydrogen) atoms. The first-order valence-corrected chi connectivity index (χ1v) is 10.1. The molecule has 1 saturated heterocycles. The summed E-state index contributed by atoms with van der Waals surface area (Å²) in [4.78, 5) is 34.7. The molecule has 1 heterocycles. The van der Waals surface area contributed by atoms with Gasteiger partial charge in [0.1, 0.15) is 10.9 Å². The summed E-state index contributed by atoms with van der Waals surface area (Å²) in [5.41, 5.74) is 5.99. The van der Waals surface area contributed by atoms with Gasteiger partial charge < -0.3 is 31.7 Å². The standard InChI is InChI=1S/C19H29N7O5/c1-31-15-8-6-13(7-9-15)24-18(28)16-11-14(12-22-16)23-17(27)5-3-2-4-10-21-19(20)25-26(29)30/h6-9,14,16,22H,2-5,10-12H2,1H3,(H,23,27)(H,24,28)(H3,20,21,25). The number of nitrogens with zero attached hydrogens (tertiary/aromatic N) is 2. The Morgan fingerprint density at radius 2 is 2.03 bits per heavy atom. The molecule has 0 spiro atoms. The highest BCUT2D eigenvalue weighted by molar-refractivity contribution is 5.95. The Hall–Kier alpha value is -3.41. The lowest BCUT2D eigenvalue weighted by Crippen LogP contribution is -2.36. The summed E-state index contributed by atoms with van der Waals surface area (Å²) in [5, 5.41) is 23.8. The molecule has 1 aromatic carbocycles. The van der Waals surface area contributed by atoms with Crippen molar-refractivity contribution in [2.45, 2.75) is 44.2 Å². The molecule has 1 aliphatic rings. The average molecular weight is 435 g/mol. The smallest absolute Gasteiger partial charge is 0.266 e. The number of hydrogen-bond acceptors (Lipinski definition) is 6. The lowest BCUT2D eigenvalue weighted by Gasteiger charge is -2.13. The number of anilines is 1. The number of carbonyl (C=O) groups is 2. The molecule has 12 heteroatoms. The molecule has 2 atom stereocenters. The van der Waals surface area contributed by atoms with E-state index >= 15 is 0 Å². The summed E-state index contributed by atoms with van der Waals surface area (Å²) in [6.07, 6.45) is 3.05. The van der Waals surface area contributed by atoms with Crippen molar-refractivity contribution in [3.8, 4) is 5.75 Å². The lowest BCUT2D eigenvalue weighted by molar-refractivity contribution is -0.485. The number of carbonyl (C=O) groups excluding carboxylic acids is 2. The fraction of sp³-hybridized carbons (Fsp3) is 0.526. The molecule has 12 nitrogen and oxygen atoms in total. The number of nitro groups is 1. The largest absolute Gasteiger partial charge is 0.497 e. The highest BCUT2D eigenvalue weighted by Gasteiger charge is 2.30. The monoisotopic (exact) mass is 435 g/mol. The van der Waals surface area contributed by atoms with E-state index in [0.29, 0.717) is 50.2 Å². The molecule has 2 unspecified atom stereocenters. The summed E-state index contributed by atoms with van der Waals surface area (Å²) in [7, 11) is 1.58. The van der Waals surface area contributed by atoms with Crippen LogP contribution in [0, 0.1) is 10.1 Å². The molecule has 1 aromatic rings. The van der Waals surface area contributed by atoms with Crippen LogP contribution in [0.1, 0.15) is 32.1 Å². The first-order valence-electron chi connectivity index (χ1n) is 10.1. The molecule has 1 fully saturated rings. The first-order chi connectivity index (χ1) is 14.9. The van der Waals surface area contributed by atoms with E-state index in [9.17, 15) is 19.7 Å². The number of methoxy groups -OCH3 is 1. The van der Waals surface area contributed by atoms with Crippen molar-refractivity contribution in [2.75, 3.05) is 25.5 Å². The van der Waals surface area contributed by atoms with Crippen LogP contribution >= 0.6 is 0 Å². The van der Waals surface area contributed by atoms with Gasteiger partial charge in [0.25, 0.3) is 5.96 Å². The van der Waals surface area contributed by atoms with E-state index in [0.717, 1.165) is 6.42 Å². The predicted octanol–water partition coefficient (Wildman–Crippen LogP) is 0.137. The number of guanidine groups is 1. The van der Waals surface area contributed by atoms with Crippen LogP contribution in [0.4, 0.5) is 5.69 Å². The second-order valence-electron chi connectivity index (χ2n) is 7.14. The zero-order valence-electron chi connectivity index (χ0n) is 17.4. The van der Waals surface area contributed by atoms with Crippen molar-refractivity contribution in [1.82, 2.24) is 16.0 Å². The predicted molar refractivity (Wildman–Crippen MR) is 115 cm³/mol. The van der Waals surface area contributed by atoms with Gasteiger partial charge in [-0.05, 0) is 43.5 Å². The minimum Gasteiger partial charge on any atom is -0.497 e. The molecule has 2 amide bonds. The van der Waals surface area contributed by atoms with Crippen molar-refractivity contribution >= 4 is 23.5 Å². The Balaban J connectivity index is 1.59. The van der Waals surface area contributed by atoms with Crippen LogP contribution in [0.5, 0.6) is 5.75 Å². The van der Waals surface area contributed by atoms with E-state index in [2.05, 4.69) is 26.4 Å². The van der Waals surface area contributed by atoms with Gasteiger partial charge >= 0.3 is 0 Å². The van der Waals surface area contributed by atoms with Crippen molar-refractivity contribution in [3.05, 3.63) is 34.4 Å². The van der Waals surface area contributed by atoms with Gasteiger partial charge in [0.05, 0.1) is 13.2 Å². The average Bonchev–Trinajstić information content (AvgIpc) is 3.19. The van der Waals surface area contributed by atoms with Crippen molar-refractivity contribution in [2.24, 2.45) is 10.8 Å². The van der Waals surface area contributed by atoms with Crippen LogP contribution in [0.2, 0.25) is 0 Å². The number of hydrogen-bond donors (Lipinski definition) is 5. The number of rotatable bonds is 11. The molecule has 0 bridgehead atoms. The SMILES string of the molecule is COc1ccc(NC(=O)C2CC(NC(=O)CCCCCN/C(N)=N/[N+](=O)[O-])CN2)cc1. The van der Waals surface area contributed by atoms with E-state index < -0.39 is 5.03 Å². The Morgan fingerprint density at radius 3 is 2.71 bits per heavy atom. The minimum atomic E-state index is -0.863. The number of nitrogens with two attached hydrogens (primary N) is 1. The fourth-order valence-electron chi connectivity index (χ4n) is 3.18. The number of hydrazone groups is 1. The minimum absolute atomic E-state index is 0.0644. The zero-order chi connectivity index (χ0) is 22.6. The number of unbranched alkanes of at least 4 members (excludes halogenated alkanes) is 2. The Bertz CT molecular complexity index is 784. The number of benzene rings is 1. The molecule has 0 saturated carbocycles. The van der Waals surface area contributed by atoms with Crippen molar-refractivity contribution in [1.29, 1.82) is 0 Å². The maximum absolute atomic E-state index is 12.4. The van der Waals surface area contributed by atoms with Crippen LogP contribution in [0.25, 0.3) is 0 Å². The van der Waals surface area contributed by atoms with E-state index in [-0.39, 0.29) is 29.9 Å². The molecular weight excluding hydrogens is 406 g/mol. The summed E-state index contributed by atoms with van der Waals surface area (Å²) in [6, 6.07) is 6.61. The second kappa shape index (κ2) is 12.3. The maximum Gasteiger partial charge on any atom is 0.266 e. The first kappa shape index (κ1) is 23.9. The molecule has 1 aliphatic heterocycles. The van der Waals surface area contributed by atoms with Gasteiger partial charge in [-0.2, -0.15) is 0 Å². The molecule has 6 N–H and O–H groups in total. The molecular formula is C19H29N7O5. The van der Waals surface area contributed by atoms with Crippen LogP contribution in [0.3, 0.4) is 0 Å². The molecule has 0 radical (unpaired) electrons. The molecule has 0 aliphatic carbocycles. The van der Waals surface area contributed by atoms with Gasteiger partial charge in [0.15, 0.2) is 5.03 Å². The van der Waals surface area contributed by atoms with Crippen LogP contribution in [0.15, 0.2) is 29.4 Å². The van der Waals surface area contributed by atoms with E-state index in [1.165, 1.54) is 0 Å². The molecule has 0 aromatic heterocycles. The van der Waals surface area contributed by atoms with Crippen LogP contribution in [-0.4, -0.2) is 55.1 Å². The highest BCUT2D eigenvalue weighted by atomic mass is 16.7. The molecule has 170 valence electrons. The van der Waals surface area contributed by atoms with Gasteiger partial charge in [-0.3, -0.25) is 9.59 Å². The van der Waals surface area contributed by atoms with Crippen LogP contribution in [-0.2, 0) is 9.59 Å². The van der Waals surface area contributed by atoms with Gasteiger partial charge in [0, 0.05) is 31.2 Å². The van der Waals surface area contributed by atoms with E-state index in [1.54, 1.807) is 31.4 Å². The van der Waals surface area contributed by atoms with Crippen molar-refractivity contribution < 1.29 is 19.4 Å². The summed E-state index contributed by atoms with van der Waals surface area (Å²) >= 11 is 0. The Labute approximate surface area is 180 Å². The summed E-state index contributed by atoms with van der Waals surface area (Å²) in [5.74, 6) is 0.269. The number of nitrogens with one attached hydrogen (secondary N) is 4. The third-order valence-electron chi connectivity index (χ3n) is 4.75. The normalized spacial score (nSPS) is 18.3. The summed E-state index contributed by atoms with van der Waals surface area (Å²) in [6.45, 7) is 0.980. The van der Waals surface area contributed by atoms with E-state index in [4.69, 9.17) is 10.5 Å². The van der Waals surface area contributed by atoms with Gasteiger partial charge in [-0.25, -0.2) is 10.1 Å². The zero-order valence-corrected chi connectivity index (χ0v) is 17.4. The topological polar surface area (TPSA) is 173 Å². The third-order valence-corrected chi connectivity index (χ3v) is 4.75. The Morgan fingerprint density at radius 1 is 1.29 bits per heavy atom. The highest BCUT2D eigenvalue weighted by Crippen LogP contribution is 2.16. The fourth-order valence-corrected chi connectivity index (χ4v) is 3.18. The quantitative estimate of drug-likeness (QED) is 0.107.